The minimum absolute atomic E-state index is 0.0342. The Balaban J connectivity index is 1.82. The Morgan fingerprint density at radius 3 is 2.02 bits per heavy atom. The van der Waals surface area contributed by atoms with Crippen molar-refractivity contribution in [1.82, 2.24) is 0 Å². The number of fused-ring (bicyclic) bond motifs is 1. The molecule has 0 aromatic heterocycles. The van der Waals surface area contributed by atoms with Crippen molar-refractivity contribution in [1.29, 1.82) is 0 Å². The van der Waals surface area contributed by atoms with Gasteiger partial charge >= 0.3 is 0 Å². The van der Waals surface area contributed by atoms with Crippen molar-refractivity contribution in [3.05, 3.63) is 100 Å². The van der Waals surface area contributed by atoms with E-state index in [1.807, 2.05) is 58.0 Å². The van der Waals surface area contributed by atoms with Gasteiger partial charge in [0.1, 0.15) is 0 Å². The number of aryl methyl sites for hydroxylation is 1. The second-order valence-corrected chi connectivity index (χ2v) is 15.5. The number of hydrogen-bond acceptors (Lipinski definition) is 3. The van der Waals surface area contributed by atoms with Crippen LogP contribution in [0, 0.1) is 6.92 Å². The zero-order chi connectivity index (χ0) is 32.7. The minimum atomic E-state index is -3.64. The summed E-state index contributed by atoms with van der Waals surface area (Å²) in [6, 6.07) is 13.0. The van der Waals surface area contributed by atoms with E-state index in [1.165, 1.54) is 16.7 Å². The molecular weight excluding hydrogens is 563 g/mol. The summed E-state index contributed by atoms with van der Waals surface area (Å²) in [5.41, 5.74) is 8.29. The van der Waals surface area contributed by atoms with Crippen LogP contribution >= 0.6 is 0 Å². The van der Waals surface area contributed by atoms with Crippen molar-refractivity contribution in [3.8, 4) is 0 Å². The Morgan fingerprint density at radius 2 is 1.43 bits per heavy atom. The van der Waals surface area contributed by atoms with Crippen molar-refractivity contribution in [3.63, 3.8) is 0 Å². The van der Waals surface area contributed by atoms with Crippen molar-refractivity contribution in [2.24, 2.45) is 0 Å². The summed E-state index contributed by atoms with van der Waals surface area (Å²) in [5, 5.41) is -0.677. The summed E-state index contributed by atoms with van der Waals surface area (Å²) in [4.78, 5) is 14.8. The lowest BCUT2D eigenvalue weighted by atomic mass is 9.87. The van der Waals surface area contributed by atoms with Gasteiger partial charge in [-0.05, 0) is 136 Å². The normalized spacial score (nSPS) is 15.8. The molecule has 1 atom stereocenters. The number of benzene rings is 2. The van der Waals surface area contributed by atoms with Gasteiger partial charge in [0.05, 0.1) is 21.4 Å². The Bertz CT molecular complexity index is 1550. The molecular formula is C39H53NO3S. The topological polar surface area (TPSA) is 54.5 Å². The molecule has 2 aromatic carbocycles. The maximum atomic E-state index is 14.1. The smallest absolute Gasteiger partial charge is 0.224 e. The van der Waals surface area contributed by atoms with Crippen LogP contribution < -0.4 is 4.90 Å². The fourth-order valence-electron chi connectivity index (χ4n) is 6.21. The van der Waals surface area contributed by atoms with Gasteiger partial charge in [0.2, 0.25) is 5.91 Å². The van der Waals surface area contributed by atoms with E-state index in [2.05, 4.69) is 52.0 Å². The predicted molar refractivity (Wildman–Crippen MR) is 188 cm³/mol. The number of sulfone groups is 1. The maximum absolute atomic E-state index is 14.1. The molecule has 3 rings (SSSR count). The van der Waals surface area contributed by atoms with E-state index in [1.54, 1.807) is 24.0 Å². The fourth-order valence-corrected chi connectivity index (χ4v) is 8.03. The van der Waals surface area contributed by atoms with E-state index in [-0.39, 0.29) is 5.91 Å². The van der Waals surface area contributed by atoms with Crippen molar-refractivity contribution in [2.45, 2.75) is 123 Å². The van der Waals surface area contributed by atoms with Crippen molar-refractivity contribution in [2.75, 3.05) is 4.90 Å². The first kappa shape index (κ1) is 35.3. The molecule has 0 radical (unpaired) electrons. The first-order valence-corrected chi connectivity index (χ1v) is 17.6. The molecule has 1 heterocycles. The van der Waals surface area contributed by atoms with Crippen molar-refractivity contribution < 1.29 is 13.2 Å². The van der Waals surface area contributed by atoms with Gasteiger partial charge in [0.15, 0.2) is 9.84 Å². The SMILES string of the molecule is CC(=O)N1c2ccc(C(CCCC=C(C)CCC=C(C)CCC=C(C)C)S(=O)(=O)c3ccc(C)cc3)cc2C(C)=CC1(C)C. The van der Waals surface area contributed by atoms with E-state index in [9.17, 15) is 13.2 Å². The highest BCUT2D eigenvalue weighted by Gasteiger charge is 2.35. The third-order valence-corrected chi connectivity index (χ3v) is 10.7. The zero-order valence-corrected chi connectivity index (χ0v) is 29.3. The molecule has 0 N–H and O–H groups in total. The van der Waals surface area contributed by atoms with Gasteiger partial charge < -0.3 is 4.90 Å². The van der Waals surface area contributed by atoms with Gasteiger partial charge in [-0.1, -0.05) is 64.8 Å². The van der Waals surface area contributed by atoms with Crippen LogP contribution in [-0.4, -0.2) is 19.9 Å². The molecule has 1 aliphatic rings. The number of amides is 1. The minimum Gasteiger partial charge on any atom is -0.303 e. The number of anilines is 1. The van der Waals surface area contributed by atoms with E-state index in [0.29, 0.717) is 11.3 Å². The summed E-state index contributed by atoms with van der Waals surface area (Å²) in [6.07, 6.45) is 15.4. The lowest BCUT2D eigenvalue weighted by Gasteiger charge is -2.41. The molecule has 0 spiro atoms. The fraction of sp³-hybridized carbons (Fsp3) is 0.462. The molecule has 0 bridgehead atoms. The number of unbranched alkanes of at least 4 members (excludes halogenated alkanes) is 1. The molecule has 1 amide bonds. The number of carbonyl (C=O) groups excluding carboxylic acids is 1. The summed E-state index contributed by atoms with van der Waals surface area (Å²) >= 11 is 0. The number of hydrogen-bond donors (Lipinski definition) is 0. The lowest BCUT2D eigenvalue weighted by molar-refractivity contribution is -0.117. The second-order valence-electron chi connectivity index (χ2n) is 13.3. The third-order valence-electron chi connectivity index (χ3n) is 8.53. The second kappa shape index (κ2) is 15.2. The van der Waals surface area contributed by atoms with Crippen LogP contribution in [0.25, 0.3) is 5.57 Å². The molecule has 0 saturated heterocycles. The molecule has 0 saturated carbocycles. The van der Waals surface area contributed by atoms with Crippen LogP contribution in [0.5, 0.6) is 0 Å². The van der Waals surface area contributed by atoms with E-state index in [4.69, 9.17) is 0 Å². The molecule has 4 nitrogen and oxygen atoms in total. The number of rotatable bonds is 13. The maximum Gasteiger partial charge on any atom is 0.224 e. The molecule has 1 aliphatic heterocycles. The van der Waals surface area contributed by atoms with E-state index in [0.717, 1.165) is 66.5 Å². The Morgan fingerprint density at radius 1 is 0.841 bits per heavy atom. The summed E-state index contributed by atoms with van der Waals surface area (Å²) in [5.74, 6) is -0.0342. The Labute approximate surface area is 267 Å². The van der Waals surface area contributed by atoms with Crippen LogP contribution in [0.15, 0.2) is 88.4 Å². The monoisotopic (exact) mass is 615 g/mol. The zero-order valence-electron chi connectivity index (χ0n) is 28.5. The summed E-state index contributed by atoms with van der Waals surface area (Å²) in [7, 11) is -3.64. The lowest BCUT2D eigenvalue weighted by Crippen LogP contribution is -2.47. The highest BCUT2D eigenvalue weighted by Crippen LogP contribution is 2.42. The molecule has 2 aromatic rings. The van der Waals surface area contributed by atoms with Crippen LogP contribution in [-0.2, 0) is 14.6 Å². The van der Waals surface area contributed by atoms with Gasteiger partial charge in [-0.25, -0.2) is 8.42 Å². The molecule has 1 unspecified atom stereocenters. The van der Waals surface area contributed by atoms with E-state index < -0.39 is 20.6 Å². The van der Waals surface area contributed by atoms with Crippen LogP contribution in [0.2, 0.25) is 0 Å². The van der Waals surface area contributed by atoms with E-state index >= 15 is 0 Å². The standard InChI is InChI=1S/C39H53NO3S/c1-28(2)14-12-16-30(4)18-13-17-29(3)15-10-11-19-38(44(42,43)35-23-20-31(5)21-24-35)34-22-25-37-36(26-34)32(6)27-39(8,9)40(37)33(7)41/h14-15,18,20-27,38H,10-13,16-17,19H2,1-9H3. The molecule has 238 valence electrons. The number of nitrogens with zero attached hydrogens (tertiary/aromatic N) is 1. The van der Waals surface area contributed by atoms with Crippen LogP contribution in [0.1, 0.15) is 122 Å². The first-order chi connectivity index (χ1) is 20.6. The Kier molecular flexibility index (Phi) is 12.2. The molecule has 0 fully saturated rings. The largest absolute Gasteiger partial charge is 0.303 e. The molecule has 44 heavy (non-hydrogen) atoms. The van der Waals surface area contributed by atoms with Crippen LogP contribution in [0.3, 0.4) is 0 Å². The molecule has 5 heteroatoms. The number of carbonyl (C=O) groups is 1. The first-order valence-electron chi connectivity index (χ1n) is 16.0. The molecule has 0 aliphatic carbocycles. The van der Waals surface area contributed by atoms with Crippen molar-refractivity contribution >= 4 is 27.0 Å². The quantitative estimate of drug-likeness (QED) is 0.166. The predicted octanol–water partition coefficient (Wildman–Crippen LogP) is 10.6. The highest BCUT2D eigenvalue weighted by molar-refractivity contribution is 7.91. The number of allylic oxidation sites excluding steroid dienone is 7. The van der Waals surface area contributed by atoms with Gasteiger partial charge in [0, 0.05) is 12.5 Å². The average molecular weight is 616 g/mol. The van der Waals surface area contributed by atoms with Gasteiger partial charge in [-0.15, -0.1) is 0 Å². The van der Waals surface area contributed by atoms with Gasteiger partial charge in [0.25, 0.3) is 0 Å². The Hall–Kier alpha value is -3.18. The summed E-state index contributed by atoms with van der Waals surface area (Å²) < 4.78 is 28.2. The highest BCUT2D eigenvalue weighted by atomic mass is 32.2. The average Bonchev–Trinajstić information content (AvgIpc) is 2.92. The van der Waals surface area contributed by atoms with Gasteiger partial charge in [-0.3, -0.25) is 4.79 Å². The third kappa shape index (κ3) is 9.17. The summed E-state index contributed by atoms with van der Waals surface area (Å²) in [6.45, 7) is 18.3. The van der Waals surface area contributed by atoms with Crippen LogP contribution in [0.4, 0.5) is 5.69 Å². The van der Waals surface area contributed by atoms with Gasteiger partial charge in [-0.2, -0.15) is 0 Å².